The van der Waals surface area contributed by atoms with Crippen LogP contribution in [0.5, 0.6) is 5.75 Å². The van der Waals surface area contributed by atoms with E-state index < -0.39 is 77.8 Å². The van der Waals surface area contributed by atoms with Crippen molar-refractivity contribution in [2.45, 2.75) is 192 Å². The number of fused-ring (bicyclic) bond motifs is 1. The lowest BCUT2D eigenvalue weighted by atomic mass is 9.83. The second kappa shape index (κ2) is 27.3. The Labute approximate surface area is 419 Å². The molecule has 5 atom stereocenters. The van der Waals surface area contributed by atoms with E-state index in [1.54, 1.807) is 38.7 Å². The summed E-state index contributed by atoms with van der Waals surface area (Å²) in [5, 5.41) is 18.9. The standard InChI is InChI=1S/C53H81N7O11/c1-35(70-52(2,3)4)45(49(65)60-30-18-25-40(60)33-69-51(67)56-39-23-12-9-13-24-39)58-43(61)32-55-48(64)46(37-20-10-8-11-21-37)59-47(63)42(26-16-17-29-54-50(66)71-53(5,6)7)57-44(62)34-68-41-28-27-36-19-14-15-22-38(36)31-41/h14-15,19,22,27-28,31,35,37,39-40,42,45-46H,8-13,16-18,20-21,23-26,29-30,32-34H2,1-7H3,(H,54,66)(H,55,64)(H,56,67)(H,57,62)(H,58,61)(H,59,63)/t35-,40+,42+,45+,46+/m1/s1. The fraction of sp³-hybridized carbons (Fsp3) is 0.679. The van der Waals surface area contributed by atoms with E-state index in [4.69, 9.17) is 18.9 Å². The molecule has 2 saturated carbocycles. The first-order valence-electron chi connectivity index (χ1n) is 25.9. The highest BCUT2D eigenvalue weighted by atomic mass is 16.6. The fourth-order valence-electron chi connectivity index (χ4n) is 9.62. The number of carbonyl (C=O) groups excluding carboxylic acids is 7. The van der Waals surface area contributed by atoms with Crippen LogP contribution >= 0.6 is 0 Å². The van der Waals surface area contributed by atoms with Crippen LogP contribution in [0.15, 0.2) is 42.5 Å². The molecule has 2 aromatic carbocycles. The first kappa shape index (κ1) is 56.3. The molecule has 2 aliphatic carbocycles. The maximum atomic E-state index is 14.3. The molecule has 394 valence electrons. The molecule has 2 aromatic rings. The Bertz CT molecular complexity index is 2090. The van der Waals surface area contributed by atoms with Crippen LogP contribution in [0.2, 0.25) is 0 Å². The van der Waals surface area contributed by atoms with Gasteiger partial charge in [-0.25, -0.2) is 9.59 Å². The molecule has 6 N–H and O–H groups in total. The maximum Gasteiger partial charge on any atom is 0.407 e. The van der Waals surface area contributed by atoms with E-state index in [1.807, 2.05) is 57.2 Å². The van der Waals surface area contributed by atoms with Gasteiger partial charge in [0.1, 0.15) is 36.1 Å². The van der Waals surface area contributed by atoms with Crippen molar-refractivity contribution in [1.29, 1.82) is 0 Å². The number of rotatable bonds is 22. The highest BCUT2D eigenvalue weighted by molar-refractivity contribution is 5.95. The third-order valence-electron chi connectivity index (χ3n) is 13.0. The molecule has 1 saturated heterocycles. The lowest BCUT2D eigenvalue weighted by Gasteiger charge is -2.35. The average Bonchev–Trinajstić information content (AvgIpc) is 3.80. The van der Waals surface area contributed by atoms with Crippen molar-refractivity contribution >= 4 is 52.5 Å². The van der Waals surface area contributed by atoms with E-state index in [0.717, 1.165) is 62.1 Å². The third-order valence-corrected chi connectivity index (χ3v) is 13.0. The Morgan fingerprint density at radius 1 is 0.704 bits per heavy atom. The summed E-state index contributed by atoms with van der Waals surface area (Å²) in [4.78, 5) is 96.6. The Morgan fingerprint density at radius 2 is 1.39 bits per heavy atom. The molecule has 18 heteroatoms. The van der Waals surface area contributed by atoms with Crippen LogP contribution in [0.4, 0.5) is 9.59 Å². The number of benzene rings is 2. The van der Waals surface area contributed by atoms with Crippen LogP contribution < -0.4 is 36.6 Å². The van der Waals surface area contributed by atoms with Crippen molar-refractivity contribution < 1.29 is 52.5 Å². The van der Waals surface area contributed by atoms with Gasteiger partial charge in [-0.1, -0.05) is 68.9 Å². The van der Waals surface area contributed by atoms with E-state index in [-0.39, 0.29) is 50.1 Å². The number of unbranched alkanes of at least 4 members (excludes halogenated alkanes) is 1. The normalized spacial score (nSPS) is 18.5. The predicted octanol–water partition coefficient (Wildman–Crippen LogP) is 6.32. The molecule has 0 bridgehead atoms. The summed E-state index contributed by atoms with van der Waals surface area (Å²) in [5.74, 6) is -2.46. The van der Waals surface area contributed by atoms with Crippen molar-refractivity contribution in [3.8, 4) is 5.75 Å². The van der Waals surface area contributed by atoms with Crippen molar-refractivity contribution in [3.63, 3.8) is 0 Å². The largest absolute Gasteiger partial charge is 0.484 e. The number of nitrogens with one attached hydrogen (secondary N) is 6. The molecule has 71 heavy (non-hydrogen) atoms. The Morgan fingerprint density at radius 3 is 2.08 bits per heavy atom. The summed E-state index contributed by atoms with van der Waals surface area (Å²) in [6.07, 6.45) is 9.69. The number of hydrogen-bond donors (Lipinski definition) is 6. The van der Waals surface area contributed by atoms with Crippen LogP contribution in [-0.4, -0.2) is 127 Å². The molecule has 1 aliphatic heterocycles. The minimum atomic E-state index is -1.13. The summed E-state index contributed by atoms with van der Waals surface area (Å²) in [6.45, 7) is 12.4. The maximum absolute atomic E-state index is 14.3. The lowest BCUT2D eigenvalue weighted by molar-refractivity contribution is -0.146. The SMILES string of the molecule is C[C@@H](OC(C)(C)C)[C@H](NC(=O)CNC(=O)[C@@H](NC(=O)[C@H](CCCCNC(=O)OC(C)(C)C)NC(=O)COc1ccc2ccccc2c1)C1CCCCC1)C(=O)N1CCC[C@H]1COC(=O)NC1CCCCC1. The van der Waals surface area contributed by atoms with Gasteiger partial charge in [0.25, 0.3) is 5.91 Å². The monoisotopic (exact) mass is 992 g/mol. The number of ether oxygens (including phenoxy) is 4. The van der Waals surface area contributed by atoms with Crippen molar-refractivity contribution in [1.82, 2.24) is 36.8 Å². The van der Waals surface area contributed by atoms with Crippen LogP contribution in [-0.2, 0) is 38.2 Å². The fourth-order valence-corrected chi connectivity index (χ4v) is 9.62. The number of carbonyl (C=O) groups is 7. The molecule has 0 aromatic heterocycles. The summed E-state index contributed by atoms with van der Waals surface area (Å²) in [7, 11) is 0. The van der Waals surface area contributed by atoms with Gasteiger partial charge in [-0.2, -0.15) is 0 Å². The highest BCUT2D eigenvalue weighted by Gasteiger charge is 2.39. The van der Waals surface area contributed by atoms with Gasteiger partial charge >= 0.3 is 12.2 Å². The first-order chi connectivity index (χ1) is 33.7. The molecule has 18 nitrogen and oxygen atoms in total. The smallest absolute Gasteiger partial charge is 0.407 e. The van der Waals surface area contributed by atoms with E-state index in [1.165, 1.54) is 0 Å². The molecule has 7 amide bonds. The lowest BCUT2D eigenvalue weighted by Crippen LogP contribution is -2.59. The molecule has 0 radical (unpaired) electrons. The second-order valence-corrected chi connectivity index (χ2v) is 21.3. The van der Waals surface area contributed by atoms with Crippen LogP contribution in [0.25, 0.3) is 10.8 Å². The molecule has 0 unspecified atom stereocenters. The zero-order chi connectivity index (χ0) is 51.6. The molecule has 0 spiro atoms. The summed E-state index contributed by atoms with van der Waals surface area (Å²) < 4.78 is 23.0. The van der Waals surface area contributed by atoms with Gasteiger partial charge in [-0.15, -0.1) is 0 Å². The predicted molar refractivity (Wildman–Crippen MR) is 269 cm³/mol. The quantitative estimate of drug-likeness (QED) is 0.0715. The third kappa shape index (κ3) is 19.5. The molecule has 3 fully saturated rings. The summed E-state index contributed by atoms with van der Waals surface area (Å²) >= 11 is 0. The number of likely N-dealkylation sites (tertiary alicyclic amines) is 1. The van der Waals surface area contributed by atoms with E-state index in [9.17, 15) is 33.6 Å². The van der Waals surface area contributed by atoms with Crippen LogP contribution in [0.1, 0.15) is 145 Å². The number of nitrogens with zero attached hydrogens (tertiary/aromatic N) is 1. The zero-order valence-electron chi connectivity index (χ0n) is 43.2. The van der Waals surface area contributed by atoms with Crippen LogP contribution in [0, 0.1) is 5.92 Å². The molecule has 3 aliphatic rings. The van der Waals surface area contributed by atoms with Crippen LogP contribution in [0.3, 0.4) is 0 Å². The van der Waals surface area contributed by atoms with E-state index in [2.05, 4.69) is 31.9 Å². The zero-order valence-corrected chi connectivity index (χ0v) is 43.2. The van der Waals surface area contributed by atoms with E-state index >= 15 is 0 Å². The highest BCUT2D eigenvalue weighted by Crippen LogP contribution is 2.28. The Hall–Kier alpha value is -5.65. The first-order valence-corrected chi connectivity index (χ1v) is 25.9. The number of hydrogen-bond acceptors (Lipinski definition) is 11. The van der Waals surface area contributed by atoms with Gasteiger partial charge in [0.2, 0.25) is 23.6 Å². The van der Waals surface area contributed by atoms with Gasteiger partial charge in [0.15, 0.2) is 6.61 Å². The summed E-state index contributed by atoms with van der Waals surface area (Å²) in [5.41, 5.74) is -1.33. The van der Waals surface area contributed by atoms with Crippen molar-refractivity contribution in [2.75, 3.05) is 32.8 Å². The minimum absolute atomic E-state index is 0.0126. The molecule has 5 rings (SSSR count). The van der Waals surface area contributed by atoms with Crippen molar-refractivity contribution in [2.24, 2.45) is 5.92 Å². The van der Waals surface area contributed by atoms with Crippen molar-refractivity contribution in [3.05, 3.63) is 42.5 Å². The Balaban J connectivity index is 1.23. The van der Waals surface area contributed by atoms with Gasteiger partial charge in [0.05, 0.1) is 24.3 Å². The number of amides is 7. The number of alkyl carbamates (subject to hydrolysis) is 2. The minimum Gasteiger partial charge on any atom is -0.484 e. The topological polar surface area (TPSA) is 232 Å². The van der Waals surface area contributed by atoms with Gasteiger partial charge < -0.3 is 55.7 Å². The second-order valence-electron chi connectivity index (χ2n) is 21.3. The molecular weight excluding hydrogens is 911 g/mol. The molecule has 1 heterocycles. The van der Waals surface area contributed by atoms with Gasteiger partial charge in [-0.3, -0.25) is 24.0 Å². The van der Waals surface area contributed by atoms with Gasteiger partial charge in [0, 0.05) is 19.1 Å². The average molecular weight is 992 g/mol. The van der Waals surface area contributed by atoms with Gasteiger partial charge in [-0.05, 0) is 135 Å². The van der Waals surface area contributed by atoms with E-state index in [0.29, 0.717) is 50.8 Å². The Kier molecular flexibility index (Phi) is 21.6. The molecular formula is C53H81N7O11. The summed E-state index contributed by atoms with van der Waals surface area (Å²) in [6, 6.07) is 9.73.